The van der Waals surface area contributed by atoms with E-state index in [1.54, 1.807) is 24.4 Å². The lowest BCUT2D eigenvalue weighted by atomic mass is 10.1. The number of amides is 1. The smallest absolute Gasteiger partial charge is 0.255 e. The second-order valence-electron chi connectivity index (χ2n) is 5.25. The van der Waals surface area contributed by atoms with Gasteiger partial charge in [0, 0.05) is 23.4 Å². The van der Waals surface area contributed by atoms with Crippen molar-refractivity contribution in [1.82, 2.24) is 4.98 Å². The Morgan fingerprint density at radius 3 is 2.67 bits per heavy atom. The maximum absolute atomic E-state index is 12.5. The number of nitrogens with one attached hydrogen (secondary N) is 1. The molecule has 0 saturated heterocycles. The SMILES string of the molecule is CS(=O)(=O)c1cc(C(=O)Nc2cccc3ncccc23)ccc1Cl. The van der Waals surface area contributed by atoms with Gasteiger partial charge in [-0.15, -0.1) is 0 Å². The van der Waals surface area contributed by atoms with Crippen LogP contribution in [0.25, 0.3) is 10.9 Å². The number of carbonyl (C=O) groups is 1. The van der Waals surface area contributed by atoms with E-state index >= 15 is 0 Å². The number of pyridine rings is 1. The normalized spacial score (nSPS) is 11.4. The van der Waals surface area contributed by atoms with Gasteiger partial charge in [-0.1, -0.05) is 17.7 Å². The number of halogens is 1. The fraction of sp³-hybridized carbons (Fsp3) is 0.0588. The summed E-state index contributed by atoms with van der Waals surface area (Å²) in [5.41, 5.74) is 1.56. The molecule has 0 bridgehead atoms. The molecule has 3 rings (SSSR count). The van der Waals surface area contributed by atoms with Crippen LogP contribution in [0.5, 0.6) is 0 Å². The molecule has 122 valence electrons. The highest BCUT2D eigenvalue weighted by Crippen LogP contribution is 2.25. The molecule has 0 radical (unpaired) electrons. The third-order valence-corrected chi connectivity index (χ3v) is 5.07. The molecule has 0 atom stereocenters. The van der Waals surface area contributed by atoms with Crippen LogP contribution >= 0.6 is 11.6 Å². The molecular formula is C17H13ClN2O3S. The summed E-state index contributed by atoms with van der Waals surface area (Å²) in [4.78, 5) is 16.6. The molecule has 0 saturated carbocycles. The molecule has 0 unspecified atom stereocenters. The van der Waals surface area contributed by atoms with Crippen molar-refractivity contribution in [2.45, 2.75) is 4.90 Å². The second kappa shape index (κ2) is 6.22. The van der Waals surface area contributed by atoms with E-state index in [-0.39, 0.29) is 15.5 Å². The highest BCUT2D eigenvalue weighted by Gasteiger charge is 2.16. The van der Waals surface area contributed by atoms with E-state index in [1.807, 2.05) is 12.1 Å². The van der Waals surface area contributed by atoms with Crippen LogP contribution < -0.4 is 5.32 Å². The summed E-state index contributed by atoms with van der Waals surface area (Å²) in [5.74, 6) is -0.423. The summed E-state index contributed by atoms with van der Waals surface area (Å²) in [7, 11) is -3.52. The molecule has 24 heavy (non-hydrogen) atoms. The fourth-order valence-electron chi connectivity index (χ4n) is 2.34. The van der Waals surface area contributed by atoms with Crippen LogP contribution in [0.3, 0.4) is 0 Å². The Bertz CT molecular complexity index is 1040. The Hall–Kier alpha value is -2.44. The minimum Gasteiger partial charge on any atom is -0.321 e. The number of fused-ring (bicyclic) bond motifs is 1. The zero-order valence-electron chi connectivity index (χ0n) is 12.7. The molecule has 1 N–H and O–H groups in total. The topological polar surface area (TPSA) is 76.1 Å². The van der Waals surface area contributed by atoms with Gasteiger partial charge >= 0.3 is 0 Å². The van der Waals surface area contributed by atoms with Crippen LogP contribution in [0, 0.1) is 0 Å². The molecule has 0 aliphatic heterocycles. The van der Waals surface area contributed by atoms with Gasteiger partial charge in [-0.05, 0) is 42.5 Å². The van der Waals surface area contributed by atoms with Gasteiger partial charge < -0.3 is 5.32 Å². The number of nitrogens with zero attached hydrogens (tertiary/aromatic N) is 1. The Balaban J connectivity index is 1.98. The monoisotopic (exact) mass is 360 g/mol. The molecule has 0 aliphatic carbocycles. The van der Waals surface area contributed by atoms with Gasteiger partial charge in [0.2, 0.25) is 0 Å². The van der Waals surface area contributed by atoms with Crippen LogP contribution in [0.15, 0.2) is 59.6 Å². The van der Waals surface area contributed by atoms with Gasteiger partial charge in [-0.3, -0.25) is 9.78 Å². The van der Waals surface area contributed by atoms with Crippen LogP contribution in [0.2, 0.25) is 5.02 Å². The van der Waals surface area contributed by atoms with Crippen molar-refractivity contribution in [1.29, 1.82) is 0 Å². The number of aromatic nitrogens is 1. The molecular weight excluding hydrogens is 348 g/mol. The molecule has 2 aromatic carbocycles. The van der Waals surface area contributed by atoms with E-state index in [2.05, 4.69) is 10.3 Å². The largest absolute Gasteiger partial charge is 0.321 e. The molecule has 1 amide bonds. The van der Waals surface area contributed by atoms with E-state index < -0.39 is 15.7 Å². The van der Waals surface area contributed by atoms with Crippen LogP contribution in [-0.4, -0.2) is 25.6 Å². The van der Waals surface area contributed by atoms with Crippen LogP contribution in [0.1, 0.15) is 10.4 Å². The Labute approximate surface area is 144 Å². The van der Waals surface area contributed by atoms with Crippen molar-refractivity contribution in [2.75, 3.05) is 11.6 Å². The van der Waals surface area contributed by atoms with E-state index in [0.29, 0.717) is 5.69 Å². The van der Waals surface area contributed by atoms with Crippen molar-refractivity contribution in [3.05, 3.63) is 65.3 Å². The third-order valence-electron chi connectivity index (χ3n) is 3.49. The number of hydrogen-bond donors (Lipinski definition) is 1. The molecule has 0 spiro atoms. The van der Waals surface area contributed by atoms with E-state index in [1.165, 1.54) is 18.2 Å². The third kappa shape index (κ3) is 3.25. The summed E-state index contributed by atoms with van der Waals surface area (Å²) >= 11 is 5.90. The van der Waals surface area contributed by atoms with Gasteiger partial charge in [-0.25, -0.2) is 8.42 Å². The first-order valence-corrected chi connectivity index (χ1v) is 9.28. The molecule has 0 aliphatic rings. The molecule has 5 nitrogen and oxygen atoms in total. The molecule has 1 aromatic heterocycles. The minimum atomic E-state index is -3.52. The van der Waals surface area contributed by atoms with Crippen LogP contribution in [-0.2, 0) is 9.84 Å². The highest BCUT2D eigenvalue weighted by molar-refractivity contribution is 7.90. The van der Waals surface area contributed by atoms with Crippen molar-refractivity contribution in [3.8, 4) is 0 Å². The van der Waals surface area contributed by atoms with Crippen molar-refractivity contribution in [3.63, 3.8) is 0 Å². The standard InChI is InChI=1S/C17H13ClN2O3S/c1-24(22,23)16-10-11(7-8-13(16)18)17(21)20-15-6-2-5-14-12(15)4-3-9-19-14/h2-10H,1H3,(H,20,21). The van der Waals surface area contributed by atoms with Gasteiger partial charge in [0.1, 0.15) is 0 Å². The number of hydrogen-bond acceptors (Lipinski definition) is 4. The Kier molecular flexibility index (Phi) is 4.26. The number of sulfone groups is 1. The summed E-state index contributed by atoms with van der Waals surface area (Å²) in [6.07, 6.45) is 2.72. The van der Waals surface area contributed by atoms with Gasteiger partial charge in [0.25, 0.3) is 5.91 Å². The number of benzene rings is 2. The van der Waals surface area contributed by atoms with E-state index in [9.17, 15) is 13.2 Å². The average molecular weight is 361 g/mol. The first-order valence-electron chi connectivity index (χ1n) is 7.01. The highest BCUT2D eigenvalue weighted by atomic mass is 35.5. The Morgan fingerprint density at radius 1 is 1.12 bits per heavy atom. The zero-order chi connectivity index (χ0) is 17.3. The summed E-state index contributed by atoms with van der Waals surface area (Å²) in [6.45, 7) is 0. The van der Waals surface area contributed by atoms with E-state index in [4.69, 9.17) is 11.6 Å². The van der Waals surface area contributed by atoms with Gasteiger partial charge in [0.15, 0.2) is 9.84 Å². The lowest BCUT2D eigenvalue weighted by Crippen LogP contribution is -2.13. The van der Waals surface area contributed by atoms with Crippen molar-refractivity contribution >= 4 is 43.9 Å². The molecule has 0 fully saturated rings. The first-order chi connectivity index (χ1) is 11.4. The minimum absolute atomic E-state index is 0.0728. The zero-order valence-corrected chi connectivity index (χ0v) is 14.2. The fourth-order valence-corrected chi connectivity index (χ4v) is 3.64. The first kappa shape index (κ1) is 16.4. The van der Waals surface area contributed by atoms with Gasteiger partial charge in [-0.2, -0.15) is 0 Å². The van der Waals surface area contributed by atoms with Crippen molar-refractivity contribution < 1.29 is 13.2 Å². The lowest BCUT2D eigenvalue weighted by Gasteiger charge is -2.10. The lowest BCUT2D eigenvalue weighted by molar-refractivity contribution is 0.102. The predicted octanol–water partition coefficient (Wildman–Crippen LogP) is 3.54. The number of carbonyl (C=O) groups excluding carboxylic acids is 1. The number of rotatable bonds is 3. The van der Waals surface area contributed by atoms with Gasteiger partial charge in [0.05, 0.1) is 21.1 Å². The van der Waals surface area contributed by atoms with Crippen molar-refractivity contribution in [2.24, 2.45) is 0 Å². The summed E-state index contributed by atoms with van der Waals surface area (Å²) in [5, 5.41) is 3.67. The Morgan fingerprint density at radius 2 is 1.92 bits per heavy atom. The average Bonchev–Trinajstić information content (AvgIpc) is 2.54. The predicted molar refractivity (Wildman–Crippen MR) is 94.3 cm³/mol. The number of anilines is 1. The molecule has 3 aromatic rings. The molecule has 1 heterocycles. The summed E-state index contributed by atoms with van der Waals surface area (Å²) in [6, 6.07) is 13.2. The second-order valence-corrected chi connectivity index (χ2v) is 7.64. The maximum atomic E-state index is 12.5. The quantitative estimate of drug-likeness (QED) is 0.775. The van der Waals surface area contributed by atoms with Crippen LogP contribution in [0.4, 0.5) is 5.69 Å². The maximum Gasteiger partial charge on any atom is 0.255 e. The summed E-state index contributed by atoms with van der Waals surface area (Å²) < 4.78 is 23.5. The van der Waals surface area contributed by atoms with E-state index in [0.717, 1.165) is 17.2 Å². The molecule has 7 heteroatoms.